The van der Waals surface area contributed by atoms with Crippen LogP contribution in [-0.4, -0.2) is 29.0 Å². The van der Waals surface area contributed by atoms with Gasteiger partial charge >= 0.3 is 0 Å². The maximum absolute atomic E-state index is 14.6. The fourth-order valence-electron chi connectivity index (χ4n) is 3.49. The van der Waals surface area contributed by atoms with E-state index in [4.69, 9.17) is 0 Å². The minimum atomic E-state index is -0.353. The highest BCUT2D eigenvalue weighted by molar-refractivity contribution is 9.10. The first-order chi connectivity index (χ1) is 13.5. The molecule has 0 atom stereocenters. The lowest BCUT2D eigenvalue weighted by Crippen LogP contribution is -2.29. The Balaban J connectivity index is 1.66. The molecule has 28 heavy (non-hydrogen) atoms. The van der Waals surface area contributed by atoms with Crippen LogP contribution in [0.4, 0.5) is 10.1 Å². The van der Waals surface area contributed by atoms with Gasteiger partial charge in [-0.25, -0.2) is 9.37 Å². The second kappa shape index (κ2) is 7.83. The van der Waals surface area contributed by atoms with Crippen LogP contribution in [0.2, 0.25) is 0 Å². The van der Waals surface area contributed by atoms with E-state index in [0.717, 1.165) is 36.1 Å². The van der Waals surface area contributed by atoms with Crippen LogP contribution in [-0.2, 0) is 0 Å². The van der Waals surface area contributed by atoms with Gasteiger partial charge in [0, 0.05) is 28.8 Å². The molecule has 0 radical (unpaired) electrons. The molecule has 1 fully saturated rings. The first-order valence-corrected chi connectivity index (χ1v) is 10.1. The summed E-state index contributed by atoms with van der Waals surface area (Å²) in [7, 11) is 0. The quantitative estimate of drug-likeness (QED) is 0.561. The van der Waals surface area contributed by atoms with Gasteiger partial charge in [0.05, 0.1) is 17.1 Å². The number of rotatable bonds is 3. The van der Waals surface area contributed by atoms with Crippen molar-refractivity contribution in [1.29, 1.82) is 0 Å². The van der Waals surface area contributed by atoms with Crippen molar-refractivity contribution in [3.05, 3.63) is 68.4 Å². The molecule has 0 bridgehead atoms. The van der Waals surface area contributed by atoms with Crippen LogP contribution in [0, 0.1) is 12.7 Å². The van der Waals surface area contributed by atoms with Gasteiger partial charge < -0.3 is 4.90 Å². The molecule has 7 heteroatoms. The van der Waals surface area contributed by atoms with Gasteiger partial charge in [-0.3, -0.25) is 4.79 Å². The normalized spacial score (nSPS) is 14.9. The molecule has 0 N–H and O–H groups in total. The Hall–Kier alpha value is -2.54. The number of fused-ring (bicyclic) bond motifs is 1. The second-order valence-corrected chi connectivity index (χ2v) is 7.85. The van der Waals surface area contributed by atoms with Gasteiger partial charge in [0.2, 0.25) is 0 Å². The number of piperidine rings is 1. The van der Waals surface area contributed by atoms with E-state index in [-0.39, 0.29) is 11.4 Å². The van der Waals surface area contributed by atoms with Crippen LogP contribution >= 0.6 is 15.9 Å². The fraction of sp³-hybridized carbons (Fsp3) is 0.286. The fourth-order valence-corrected chi connectivity index (χ4v) is 3.85. The summed E-state index contributed by atoms with van der Waals surface area (Å²) in [4.78, 5) is 19.4. The number of hydrogen-bond donors (Lipinski definition) is 0. The Morgan fingerprint density at radius 3 is 2.68 bits per heavy atom. The predicted molar refractivity (Wildman–Crippen MR) is 114 cm³/mol. The van der Waals surface area contributed by atoms with Gasteiger partial charge in [-0.05, 0) is 62.6 Å². The van der Waals surface area contributed by atoms with Crippen LogP contribution in [0.1, 0.15) is 30.7 Å². The molecule has 0 amide bonds. The number of nitrogens with zero attached hydrogens (tertiary/aromatic N) is 4. The van der Waals surface area contributed by atoms with Gasteiger partial charge in [0.25, 0.3) is 5.56 Å². The van der Waals surface area contributed by atoms with Crippen molar-refractivity contribution in [2.45, 2.75) is 26.2 Å². The third kappa shape index (κ3) is 3.71. The number of halogens is 2. The molecule has 2 heterocycles. The van der Waals surface area contributed by atoms with Crippen molar-refractivity contribution < 1.29 is 4.39 Å². The number of anilines is 1. The minimum absolute atomic E-state index is 0.287. The Bertz CT molecular complexity index is 1120. The topological polar surface area (TPSA) is 50.5 Å². The molecule has 0 aliphatic carbocycles. The van der Waals surface area contributed by atoms with Crippen molar-refractivity contribution in [3.8, 4) is 0 Å². The molecule has 2 aromatic carbocycles. The zero-order chi connectivity index (χ0) is 19.7. The van der Waals surface area contributed by atoms with E-state index in [1.54, 1.807) is 25.1 Å². The molecule has 1 aliphatic heterocycles. The highest BCUT2D eigenvalue weighted by Gasteiger charge is 2.13. The smallest absolute Gasteiger partial charge is 0.282 e. The zero-order valence-electron chi connectivity index (χ0n) is 15.5. The Morgan fingerprint density at radius 1 is 1.14 bits per heavy atom. The van der Waals surface area contributed by atoms with Gasteiger partial charge in [-0.2, -0.15) is 9.78 Å². The lowest BCUT2D eigenvalue weighted by molar-refractivity contribution is 0.574. The van der Waals surface area contributed by atoms with Crippen molar-refractivity contribution in [1.82, 2.24) is 9.66 Å². The molecular formula is C21H20BrFN4O. The minimum Gasteiger partial charge on any atom is -0.371 e. The van der Waals surface area contributed by atoms with Crippen molar-refractivity contribution in [3.63, 3.8) is 0 Å². The molecule has 1 aliphatic rings. The Morgan fingerprint density at radius 2 is 1.93 bits per heavy atom. The van der Waals surface area contributed by atoms with E-state index in [2.05, 4.69) is 30.9 Å². The molecule has 0 saturated carbocycles. The predicted octanol–water partition coefficient (Wildman–Crippen LogP) is 4.48. The maximum atomic E-state index is 14.6. The van der Waals surface area contributed by atoms with E-state index in [1.165, 1.54) is 23.4 Å². The molecule has 5 nitrogen and oxygen atoms in total. The largest absolute Gasteiger partial charge is 0.371 e. The highest BCUT2D eigenvalue weighted by atomic mass is 79.9. The second-order valence-electron chi connectivity index (χ2n) is 6.94. The standard InChI is InChI=1S/C21H20BrFN4O/c1-14-25-20-8-6-16(22)11-18(20)21(28)27(14)24-13-15-5-7-17(12-19(15)23)26-9-3-2-4-10-26/h5-8,11-13H,2-4,9-10H2,1H3. The third-order valence-corrected chi connectivity index (χ3v) is 5.48. The van der Waals surface area contributed by atoms with Gasteiger partial charge in [-0.15, -0.1) is 0 Å². The first kappa shape index (κ1) is 18.8. The molecule has 4 rings (SSSR count). The third-order valence-electron chi connectivity index (χ3n) is 4.99. The maximum Gasteiger partial charge on any atom is 0.282 e. The summed E-state index contributed by atoms with van der Waals surface area (Å²) in [5.41, 5.74) is 1.54. The average molecular weight is 443 g/mol. The van der Waals surface area contributed by atoms with Crippen molar-refractivity contribution in [2.75, 3.05) is 18.0 Å². The van der Waals surface area contributed by atoms with E-state index < -0.39 is 0 Å². The first-order valence-electron chi connectivity index (χ1n) is 9.31. The Labute approximate surface area is 170 Å². The summed E-state index contributed by atoms with van der Waals surface area (Å²) in [5, 5.41) is 4.66. The molecule has 0 spiro atoms. The number of aryl methyl sites for hydroxylation is 1. The zero-order valence-corrected chi connectivity index (χ0v) is 17.1. The summed E-state index contributed by atoms with van der Waals surface area (Å²) < 4.78 is 16.6. The Kier molecular flexibility index (Phi) is 5.26. The van der Waals surface area contributed by atoms with Crippen molar-refractivity contribution in [2.24, 2.45) is 5.10 Å². The molecule has 144 valence electrons. The van der Waals surface area contributed by atoms with E-state index in [1.807, 2.05) is 12.1 Å². The molecule has 1 saturated heterocycles. The molecule has 0 unspecified atom stereocenters. The molecule has 3 aromatic rings. The van der Waals surface area contributed by atoms with E-state index >= 15 is 0 Å². The van der Waals surface area contributed by atoms with Crippen LogP contribution in [0.15, 0.2) is 50.8 Å². The lowest BCUT2D eigenvalue weighted by atomic mass is 10.1. The van der Waals surface area contributed by atoms with Crippen LogP contribution in [0.5, 0.6) is 0 Å². The summed E-state index contributed by atoms with van der Waals surface area (Å²) in [6, 6.07) is 10.5. The summed E-state index contributed by atoms with van der Waals surface area (Å²) in [5.74, 6) is 0.0930. The number of aromatic nitrogens is 2. The summed E-state index contributed by atoms with van der Waals surface area (Å²) in [6.07, 6.45) is 4.87. The highest BCUT2D eigenvalue weighted by Crippen LogP contribution is 2.22. The van der Waals surface area contributed by atoms with Crippen molar-refractivity contribution >= 4 is 38.7 Å². The monoisotopic (exact) mass is 442 g/mol. The van der Waals surface area contributed by atoms with Crippen LogP contribution in [0.3, 0.4) is 0 Å². The molecular weight excluding hydrogens is 423 g/mol. The van der Waals surface area contributed by atoms with Crippen LogP contribution < -0.4 is 10.5 Å². The molecule has 1 aromatic heterocycles. The van der Waals surface area contributed by atoms with Gasteiger partial charge in [-0.1, -0.05) is 15.9 Å². The van der Waals surface area contributed by atoms with Gasteiger partial charge in [0.15, 0.2) is 0 Å². The number of hydrogen-bond acceptors (Lipinski definition) is 4. The van der Waals surface area contributed by atoms with Gasteiger partial charge in [0.1, 0.15) is 11.6 Å². The van der Waals surface area contributed by atoms with E-state index in [0.29, 0.717) is 22.3 Å². The summed E-state index contributed by atoms with van der Waals surface area (Å²) in [6.45, 7) is 3.62. The van der Waals surface area contributed by atoms with Crippen LogP contribution in [0.25, 0.3) is 10.9 Å². The number of benzene rings is 2. The van der Waals surface area contributed by atoms with E-state index in [9.17, 15) is 9.18 Å². The lowest BCUT2D eigenvalue weighted by Gasteiger charge is -2.28. The average Bonchev–Trinajstić information content (AvgIpc) is 2.70. The SMILES string of the molecule is Cc1nc2ccc(Br)cc2c(=O)n1N=Cc1ccc(N2CCCCC2)cc1F. The summed E-state index contributed by atoms with van der Waals surface area (Å²) >= 11 is 3.37.